The van der Waals surface area contributed by atoms with Gasteiger partial charge in [-0.05, 0) is 30.2 Å². The van der Waals surface area contributed by atoms with Crippen LogP contribution in [0, 0.1) is 6.92 Å². The Kier molecular flexibility index (Phi) is 3.97. The minimum absolute atomic E-state index is 0.0359. The predicted octanol–water partition coefficient (Wildman–Crippen LogP) is 2.74. The van der Waals surface area contributed by atoms with E-state index in [1.165, 1.54) is 0 Å². The minimum atomic E-state index is -0.0359. The molecule has 3 N–H and O–H groups in total. The van der Waals surface area contributed by atoms with Crippen molar-refractivity contribution in [2.45, 2.75) is 20.1 Å². The van der Waals surface area contributed by atoms with Crippen molar-refractivity contribution in [3.05, 3.63) is 59.2 Å². The average Bonchev–Trinajstić information content (AvgIpc) is 2.42. The molecule has 0 amide bonds. The molecule has 0 spiro atoms. The van der Waals surface area contributed by atoms with Crippen molar-refractivity contribution < 1.29 is 9.84 Å². The third kappa shape index (κ3) is 2.70. The fourth-order valence-electron chi connectivity index (χ4n) is 1.73. The van der Waals surface area contributed by atoms with Gasteiger partial charge in [0.2, 0.25) is 0 Å². The largest absolute Gasteiger partial charge is 0.457 e. The molecule has 0 bridgehead atoms. The Morgan fingerprint density at radius 2 is 1.89 bits per heavy atom. The number of hydrogen-bond donors (Lipinski definition) is 2. The van der Waals surface area contributed by atoms with Gasteiger partial charge in [0.05, 0.1) is 6.61 Å². The molecule has 2 aromatic carbocycles. The van der Waals surface area contributed by atoms with Gasteiger partial charge < -0.3 is 15.6 Å². The van der Waals surface area contributed by atoms with Crippen LogP contribution < -0.4 is 10.5 Å². The van der Waals surface area contributed by atoms with Crippen molar-refractivity contribution in [2.75, 3.05) is 0 Å². The summed E-state index contributed by atoms with van der Waals surface area (Å²) in [6, 6.07) is 13.4. The summed E-state index contributed by atoms with van der Waals surface area (Å²) in [6.45, 7) is 2.43. The average molecular weight is 243 g/mol. The van der Waals surface area contributed by atoms with E-state index in [9.17, 15) is 5.11 Å². The van der Waals surface area contributed by atoms with Crippen LogP contribution in [0.5, 0.6) is 11.5 Å². The second-order valence-corrected chi connectivity index (χ2v) is 4.17. The monoisotopic (exact) mass is 243 g/mol. The van der Waals surface area contributed by atoms with Gasteiger partial charge in [-0.1, -0.05) is 30.3 Å². The number of ether oxygens (including phenoxy) is 1. The molecule has 0 saturated heterocycles. The van der Waals surface area contributed by atoms with Gasteiger partial charge in [-0.2, -0.15) is 0 Å². The second-order valence-electron chi connectivity index (χ2n) is 4.17. The first-order valence-corrected chi connectivity index (χ1v) is 5.91. The summed E-state index contributed by atoms with van der Waals surface area (Å²) in [5, 5.41) is 9.27. The number of para-hydroxylation sites is 1. The number of nitrogens with two attached hydrogens (primary N) is 1. The van der Waals surface area contributed by atoms with Gasteiger partial charge in [-0.3, -0.25) is 0 Å². The van der Waals surface area contributed by atoms with Gasteiger partial charge in [0.15, 0.2) is 0 Å². The van der Waals surface area contributed by atoms with E-state index in [4.69, 9.17) is 10.5 Å². The van der Waals surface area contributed by atoms with E-state index in [-0.39, 0.29) is 6.61 Å². The maximum absolute atomic E-state index is 9.27. The summed E-state index contributed by atoms with van der Waals surface area (Å²) in [6.07, 6.45) is 0. The van der Waals surface area contributed by atoms with E-state index in [0.29, 0.717) is 12.3 Å². The fourth-order valence-corrected chi connectivity index (χ4v) is 1.73. The Hall–Kier alpha value is -1.84. The molecule has 0 unspecified atom stereocenters. The number of aryl methyl sites for hydroxylation is 1. The van der Waals surface area contributed by atoms with Crippen LogP contribution in [0.1, 0.15) is 16.7 Å². The summed E-state index contributed by atoms with van der Waals surface area (Å²) in [5.74, 6) is 1.45. The summed E-state index contributed by atoms with van der Waals surface area (Å²) >= 11 is 0. The molecule has 0 saturated carbocycles. The van der Waals surface area contributed by atoms with E-state index >= 15 is 0 Å². The van der Waals surface area contributed by atoms with Crippen molar-refractivity contribution in [1.82, 2.24) is 0 Å². The van der Waals surface area contributed by atoms with Gasteiger partial charge in [-0.25, -0.2) is 0 Å². The van der Waals surface area contributed by atoms with Gasteiger partial charge in [-0.15, -0.1) is 0 Å². The quantitative estimate of drug-likeness (QED) is 0.868. The van der Waals surface area contributed by atoms with Gasteiger partial charge in [0.25, 0.3) is 0 Å². The number of hydrogen-bond acceptors (Lipinski definition) is 3. The van der Waals surface area contributed by atoms with Crippen LogP contribution in [0.25, 0.3) is 0 Å². The minimum Gasteiger partial charge on any atom is -0.457 e. The molecule has 2 aromatic rings. The van der Waals surface area contributed by atoms with Gasteiger partial charge in [0.1, 0.15) is 11.5 Å². The first-order valence-electron chi connectivity index (χ1n) is 5.91. The molecule has 0 atom stereocenters. The maximum Gasteiger partial charge on any atom is 0.132 e. The fraction of sp³-hybridized carbons (Fsp3) is 0.200. The van der Waals surface area contributed by atoms with Crippen LogP contribution in [0.2, 0.25) is 0 Å². The number of benzene rings is 2. The highest BCUT2D eigenvalue weighted by molar-refractivity contribution is 5.42. The lowest BCUT2D eigenvalue weighted by atomic mass is 10.1. The predicted molar refractivity (Wildman–Crippen MR) is 71.5 cm³/mol. The summed E-state index contributed by atoms with van der Waals surface area (Å²) in [7, 11) is 0. The lowest BCUT2D eigenvalue weighted by molar-refractivity contribution is 0.276. The van der Waals surface area contributed by atoms with Crippen molar-refractivity contribution in [3.63, 3.8) is 0 Å². The first kappa shape index (κ1) is 12.6. The van der Waals surface area contributed by atoms with Crippen LogP contribution in [0.4, 0.5) is 0 Å². The van der Waals surface area contributed by atoms with Gasteiger partial charge in [0, 0.05) is 12.1 Å². The van der Waals surface area contributed by atoms with Crippen LogP contribution in [0.15, 0.2) is 42.5 Å². The van der Waals surface area contributed by atoms with Crippen molar-refractivity contribution in [1.29, 1.82) is 0 Å². The van der Waals surface area contributed by atoms with E-state index in [0.717, 1.165) is 22.4 Å². The molecule has 3 nitrogen and oxygen atoms in total. The lowest BCUT2D eigenvalue weighted by Gasteiger charge is -2.12. The highest BCUT2D eigenvalue weighted by Gasteiger charge is 2.06. The molecule has 0 radical (unpaired) electrons. The molecular formula is C15H17NO2. The van der Waals surface area contributed by atoms with E-state index in [1.807, 2.05) is 49.4 Å². The molecule has 2 rings (SSSR count). The normalized spacial score (nSPS) is 10.4. The Bertz CT molecular complexity index is 538. The molecule has 0 aliphatic heterocycles. The standard InChI is InChI=1S/C15H17NO2/c1-11-6-7-12(9-16)8-15(11)18-14-5-3-2-4-13(14)10-17/h2-8,17H,9-10,16H2,1H3. The zero-order valence-electron chi connectivity index (χ0n) is 10.4. The number of rotatable bonds is 4. The molecule has 0 heterocycles. The van der Waals surface area contributed by atoms with Crippen LogP contribution in [0.3, 0.4) is 0 Å². The Morgan fingerprint density at radius 1 is 1.11 bits per heavy atom. The molecule has 0 aliphatic rings. The Balaban J connectivity index is 2.33. The second kappa shape index (κ2) is 5.67. The zero-order chi connectivity index (χ0) is 13.0. The third-order valence-corrected chi connectivity index (χ3v) is 2.85. The van der Waals surface area contributed by atoms with Crippen LogP contribution in [-0.2, 0) is 13.2 Å². The van der Waals surface area contributed by atoms with Crippen molar-refractivity contribution in [3.8, 4) is 11.5 Å². The Morgan fingerprint density at radius 3 is 2.61 bits per heavy atom. The highest BCUT2D eigenvalue weighted by atomic mass is 16.5. The summed E-state index contributed by atoms with van der Waals surface area (Å²) in [5.41, 5.74) is 8.46. The van der Waals surface area contributed by atoms with Gasteiger partial charge >= 0.3 is 0 Å². The molecule has 3 heteroatoms. The molecule has 18 heavy (non-hydrogen) atoms. The maximum atomic E-state index is 9.27. The molecule has 0 fully saturated rings. The third-order valence-electron chi connectivity index (χ3n) is 2.85. The van der Waals surface area contributed by atoms with Crippen LogP contribution >= 0.6 is 0 Å². The number of aliphatic hydroxyl groups is 1. The summed E-state index contributed by atoms with van der Waals surface area (Å²) < 4.78 is 5.86. The number of aliphatic hydroxyl groups excluding tert-OH is 1. The summed E-state index contributed by atoms with van der Waals surface area (Å²) in [4.78, 5) is 0. The van der Waals surface area contributed by atoms with Crippen molar-refractivity contribution >= 4 is 0 Å². The highest BCUT2D eigenvalue weighted by Crippen LogP contribution is 2.28. The zero-order valence-corrected chi connectivity index (χ0v) is 10.4. The molecule has 94 valence electrons. The smallest absolute Gasteiger partial charge is 0.132 e. The van der Waals surface area contributed by atoms with Crippen LogP contribution in [-0.4, -0.2) is 5.11 Å². The molecule has 0 aromatic heterocycles. The SMILES string of the molecule is Cc1ccc(CN)cc1Oc1ccccc1CO. The van der Waals surface area contributed by atoms with E-state index in [2.05, 4.69) is 0 Å². The van der Waals surface area contributed by atoms with E-state index < -0.39 is 0 Å². The Labute approximate surface area is 107 Å². The first-order chi connectivity index (χ1) is 8.74. The molecule has 0 aliphatic carbocycles. The van der Waals surface area contributed by atoms with Crippen molar-refractivity contribution in [2.24, 2.45) is 5.73 Å². The lowest BCUT2D eigenvalue weighted by Crippen LogP contribution is -1.98. The topological polar surface area (TPSA) is 55.5 Å². The van der Waals surface area contributed by atoms with E-state index in [1.54, 1.807) is 0 Å². The molecular weight excluding hydrogens is 226 g/mol.